The van der Waals surface area contributed by atoms with Crippen LogP contribution in [-0.4, -0.2) is 28.0 Å². The van der Waals surface area contributed by atoms with Crippen LogP contribution >= 0.6 is 0 Å². The third-order valence-electron chi connectivity index (χ3n) is 2.56. The first-order valence-electron chi connectivity index (χ1n) is 6.16. The number of nitrogens with one attached hydrogen (secondary N) is 3. The van der Waals surface area contributed by atoms with Gasteiger partial charge in [0.05, 0.1) is 11.7 Å². The summed E-state index contributed by atoms with van der Waals surface area (Å²) in [6.07, 6.45) is 1.27. The number of hydrazine groups is 1. The summed E-state index contributed by atoms with van der Waals surface area (Å²) in [4.78, 5) is 33.1. The van der Waals surface area contributed by atoms with E-state index in [1.54, 1.807) is 0 Å². The molecule has 8 heteroatoms. The van der Waals surface area contributed by atoms with Crippen molar-refractivity contribution >= 4 is 17.8 Å². The fraction of sp³-hybridized carbons (Fsp3) is 0. The van der Waals surface area contributed by atoms with Crippen LogP contribution in [0.1, 0.15) is 10.5 Å². The van der Waals surface area contributed by atoms with Gasteiger partial charge in [-0.1, -0.05) is 30.3 Å². The molecule has 0 atom stereocenters. The first-order valence-corrected chi connectivity index (χ1v) is 6.16. The van der Waals surface area contributed by atoms with Crippen molar-refractivity contribution < 1.29 is 19.5 Å². The number of aliphatic carboxylic acids is 1. The van der Waals surface area contributed by atoms with Gasteiger partial charge in [-0.05, 0) is 12.1 Å². The molecule has 3 N–H and O–H groups in total. The summed E-state index contributed by atoms with van der Waals surface area (Å²) >= 11 is 0. The van der Waals surface area contributed by atoms with E-state index < -0.39 is 17.8 Å². The molecule has 1 heterocycles. The Labute approximate surface area is 124 Å². The summed E-state index contributed by atoms with van der Waals surface area (Å²) in [5.74, 6) is -2.94. The van der Waals surface area contributed by atoms with E-state index in [0.29, 0.717) is 11.8 Å². The average Bonchev–Trinajstić information content (AvgIpc) is 3.01. The molecule has 0 aliphatic rings. The zero-order valence-corrected chi connectivity index (χ0v) is 11.2. The fourth-order valence-electron chi connectivity index (χ4n) is 1.57. The SMILES string of the molecule is O=C([O-])/C=C/C(=O)NNC(=O)c1cc(-c2ccccc2)n[nH]1. The third kappa shape index (κ3) is 4.04. The van der Waals surface area contributed by atoms with Crippen molar-refractivity contribution in [1.29, 1.82) is 0 Å². The predicted molar refractivity (Wildman–Crippen MR) is 73.8 cm³/mol. The summed E-state index contributed by atoms with van der Waals surface area (Å²) in [5.41, 5.74) is 5.69. The van der Waals surface area contributed by atoms with Crippen LogP contribution in [0.15, 0.2) is 48.6 Å². The van der Waals surface area contributed by atoms with E-state index in [1.165, 1.54) is 6.07 Å². The number of carbonyl (C=O) groups excluding carboxylic acids is 3. The second-order valence-electron chi connectivity index (χ2n) is 4.13. The summed E-state index contributed by atoms with van der Waals surface area (Å²) in [6, 6.07) is 10.7. The Bertz CT molecular complexity index is 721. The van der Waals surface area contributed by atoms with Crippen molar-refractivity contribution in [1.82, 2.24) is 21.0 Å². The zero-order valence-electron chi connectivity index (χ0n) is 11.2. The van der Waals surface area contributed by atoms with Crippen molar-refractivity contribution in [2.45, 2.75) is 0 Å². The molecular weight excluding hydrogens is 288 g/mol. The molecule has 8 nitrogen and oxygen atoms in total. The molecule has 0 aliphatic carbocycles. The second-order valence-corrected chi connectivity index (χ2v) is 4.13. The molecule has 1 aromatic carbocycles. The minimum Gasteiger partial charge on any atom is -0.545 e. The number of aromatic amines is 1. The normalized spacial score (nSPS) is 10.4. The van der Waals surface area contributed by atoms with Crippen molar-refractivity contribution in [3.8, 4) is 11.3 Å². The number of hydrogen-bond acceptors (Lipinski definition) is 5. The van der Waals surface area contributed by atoms with Crippen LogP contribution < -0.4 is 16.0 Å². The number of rotatable bonds is 4. The molecule has 0 bridgehead atoms. The topological polar surface area (TPSA) is 127 Å². The van der Waals surface area contributed by atoms with E-state index in [9.17, 15) is 19.5 Å². The maximum absolute atomic E-state index is 11.8. The number of carboxylic acids is 1. The summed E-state index contributed by atoms with van der Waals surface area (Å²) in [5, 5.41) is 16.7. The molecule has 2 rings (SSSR count). The van der Waals surface area contributed by atoms with Gasteiger partial charge >= 0.3 is 0 Å². The quantitative estimate of drug-likeness (QED) is 0.500. The highest BCUT2D eigenvalue weighted by Gasteiger charge is 2.11. The van der Waals surface area contributed by atoms with Crippen LogP contribution in [0.3, 0.4) is 0 Å². The van der Waals surface area contributed by atoms with Crippen LogP contribution in [-0.2, 0) is 9.59 Å². The van der Waals surface area contributed by atoms with Crippen molar-refractivity contribution in [3.05, 3.63) is 54.2 Å². The van der Waals surface area contributed by atoms with Gasteiger partial charge < -0.3 is 9.90 Å². The van der Waals surface area contributed by atoms with E-state index in [4.69, 9.17) is 0 Å². The molecule has 0 fully saturated rings. The molecule has 0 unspecified atom stereocenters. The van der Waals surface area contributed by atoms with E-state index in [-0.39, 0.29) is 5.69 Å². The van der Waals surface area contributed by atoms with Crippen LogP contribution in [0.2, 0.25) is 0 Å². The smallest absolute Gasteiger partial charge is 0.287 e. The summed E-state index contributed by atoms with van der Waals surface area (Å²) in [6.45, 7) is 0. The van der Waals surface area contributed by atoms with E-state index >= 15 is 0 Å². The summed E-state index contributed by atoms with van der Waals surface area (Å²) < 4.78 is 0. The number of carboxylic acid groups (broad SMARTS) is 1. The van der Waals surface area contributed by atoms with E-state index in [1.807, 2.05) is 35.8 Å². The van der Waals surface area contributed by atoms with Gasteiger partial charge in [0.15, 0.2) is 0 Å². The third-order valence-corrected chi connectivity index (χ3v) is 2.56. The molecule has 22 heavy (non-hydrogen) atoms. The number of benzene rings is 1. The van der Waals surface area contributed by atoms with Crippen LogP contribution in [0.25, 0.3) is 11.3 Å². The molecule has 0 radical (unpaired) electrons. The van der Waals surface area contributed by atoms with Gasteiger partial charge in [-0.2, -0.15) is 5.10 Å². The highest BCUT2D eigenvalue weighted by Crippen LogP contribution is 2.16. The Kier molecular flexibility index (Phi) is 4.66. The van der Waals surface area contributed by atoms with Gasteiger partial charge in [0, 0.05) is 11.6 Å². The number of H-pyrrole nitrogens is 1. The average molecular weight is 299 g/mol. The molecule has 2 aromatic rings. The molecule has 2 amide bonds. The standard InChI is InChI=1S/C14H12N4O4/c19-12(6-7-13(20)21)17-18-14(22)11-8-10(15-16-11)9-4-2-1-3-5-9/h1-8H,(H,15,16)(H,17,19)(H,18,22)(H,20,21)/p-1/b7-6+. The lowest BCUT2D eigenvalue weighted by Gasteiger charge is -2.02. The maximum atomic E-state index is 11.8. The lowest BCUT2D eigenvalue weighted by Crippen LogP contribution is -2.41. The highest BCUT2D eigenvalue weighted by molar-refractivity contribution is 5.97. The van der Waals surface area contributed by atoms with Gasteiger partial charge in [0.1, 0.15) is 5.69 Å². The van der Waals surface area contributed by atoms with E-state index in [2.05, 4.69) is 15.6 Å². The number of amides is 2. The minimum absolute atomic E-state index is 0.142. The van der Waals surface area contributed by atoms with Crippen LogP contribution in [0, 0.1) is 0 Å². The van der Waals surface area contributed by atoms with Gasteiger partial charge in [0.25, 0.3) is 11.8 Å². The van der Waals surface area contributed by atoms with Crippen LogP contribution in [0.5, 0.6) is 0 Å². The van der Waals surface area contributed by atoms with Crippen molar-refractivity contribution in [2.75, 3.05) is 0 Å². The molecule has 1 aromatic heterocycles. The number of carbonyl (C=O) groups is 3. The van der Waals surface area contributed by atoms with Crippen molar-refractivity contribution in [3.63, 3.8) is 0 Å². The lowest BCUT2D eigenvalue weighted by atomic mass is 10.1. The first kappa shape index (κ1) is 15.0. The molecule has 0 spiro atoms. The Hall–Kier alpha value is -3.42. The molecule has 112 valence electrons. The lowest BCUT2D eigenvalue weighted by molar-refractivity contribution is -0.297. The van der Waals surface area contributed by atoms with Gasteiger partial charge in [-0.15, -0.1) is 0 Å². The fourth-order valence-corrected chi connectivity index (χ4v) is 1.57. The molecular formula is C14H11N4O4-. The van der Waals surface area contributed by atoms with Crippen LogP contribution in [0.4, 0.5) is 0 Å². The van der Waals surface area contributed by atoms with Gasteiger partial charge in [-0.25, -0.2) is 0 Å². The molecule has 0 aliphatic heterocycles. The molecule has 0 saturated heterocycles. The Morgan fingerprint density at radius 1 is 1.09 bits per heavy atom. The van der Waals surface area contributed by atoms with Gasteiger partial charge in [-0.3, -0.25) is 25.5 Å². The highest BCUT2D eigenvalue weighted by atomic mass is 16.4. The Morgan fingerprint density at radius 3 is 2.50 bits per heavy atom. The summed E-state index contributed by atoms with van der Waals surface area (Å²) in [7, 11) is 0. The monoisotopic (exact) mass is 299 g/mol. The largest absolute Gasteiger partial charge is 0.545 e. The van der Waals surface area contributed by atoms with Gasteiger partial charge in [0.2, 0.25) is 0 Å². The number of hydrogen-bond donors (Lipinski definition) is 3. The number of nitrogens with zero attached hydrogens (tertiary/aromatic N) is 1. The zero-order chi connectivity index (χ0) is 15.9. The first-order chi connectivity index (χ1) is 10.6. The second kappa shape index (κ2) is 6.84. The minimum atomic E-state index is -1.51. The van der Waals surface area contributed by atoms with E-state index in [0.717, 1.165) is 11.6 Å². The molecule has 0 saturated carbocycles. The predicted octanol–water partition coefficient (Wildman–Crippen LogP) is -0.856. The number of aromatic nitrogens is 2. The Morgan fingerprint density at radius 2 is 1.82 bits per heavy atom. The Balaban J connectivity index is 1.95. The van der Waals surface area contributed by atoms with Crippen molar-refractivity contribution in [2.24, 2.45) is 0 Å². The maximum Gasteiger partial charge on any atom is 0.287 e.